The molecule has 0 saturated heterocycles. The Morgan fingerprint density at radius 1 is 1.00 bits per heavy atom. The summed E-state index contributed by atoms with van der Waals surface area (Å²) in [6.45, 7) is 16.8. The van der Waals surface area contributed by atoms with E-state index in [2.05, 4.69) is 46.4 Å². The third-order valence-corrected chi connectivity index (χ3v) is 3.50. The molecule has 0 radical (unpaired) electrons. The predicted molar refractivity (Wildman–Crippen MR) is 78.2 cm³/mol. The van der Waals surface area contributed by atoms with Crippen molar-refractivity contribution in [1.82, 2.24) is 4.90 Å². The van der Waals surface area contributed by atoms with Crippen LogP contribution < -0.4 is 5.73 Å². The fourth-order valence-electron chi connectivity index (χ4n) is 3.16. The molecule has 0 bridgehead atoms. The Morgan fingerprint density at radius 3 is 1.71 bits per heavy atom. The average Bonchev–Trinajstić information content (AvgIpc) is 2.23. The zero-order chi connectivity index (χ0) is 13.5. The molecule has 0 rings (SSSR count). The van der Waals surface area contributed by atoms with E-state index >= 15 is 0 Å². The Balaban J connectivity index is 4.98. The van der Waals surface area contributed by atoms with E-state index in [1.165, 1.54) is 25.8 Å². The second kappa shape index (κ2) is 8.10. The summed E-state index contributed by atoms with van der Waals surface area (Å²) in [6.07, 6.45) is 3.65. The van der Waals surface area contributed by atoms with Gasteiger partial charge in [0.2, 0.25) is 0 Å². The van der Waals surface area contributed by atoms with E-state index in [4.69, 9.17) is 5.73 Å². The van der Waals surface area contributed by atoms with Gasteiger partial charge < -0.3 is 5.73 Å². The minimum atomic E-state index is 0.215. The van der Waals surface area contributed by atoms with Crippen LogP contribution in [0.5, 0.6) is 0 Å². The van der Waals surface area contributed by atoms with Crippen LogP contribution in [0.4, 0.5) is 0 Å². The monoisotopic (exact) mass is 242 g/mol. The second-order valence-corrected chi connectivity index (χ2v) is 6.20. The molecule has 0 aromatic rings. The molecule has 0 heterocycles. The molecule has 0 aliphatic heterocycles. The Bertz CT molecular complexity index is 177. The number of nitrogens with zero attached hydrogens (tertiary/aromatic N) is 1. The van der Waals surface area contributed by atoms with Gasteiger partial charge in [0.25, 0.3) is 0 Å². The molecule has 0 amide bonds. The van der Waals surface area contributed by atoms with Gasteiger partial charge in [-0.2, -0.15) is 0 Å². The molecule has 0 unspecified atom stereocenters. The van der Waals surface area contributed by atoms with E-state index in [1.807, 2.05) is 0 Å². The molecular weight excluding hydrogens is 208 g/mol. The first-order chi connectivity index (χ1) is 7.91. The normalized spacial score (nSPS) is 13.1. The molecule has 17 heavy (non-hydrogen) atoms. The molecule has 0 aromatic carbocycles. The van der Waals surface area contributed by atoms with E-state index in [-0.39, 0.29) is 5.54 Å². The molecule has 2 N–H and O–H groups in total. The first-order valence-corrected chi connectivity index (χ1v) is 7.37. The SMILES string of the molecule is CCCN(CC)C(CN)(CC(C)C)CC(C)C. The molecule has 0 fully saturated rings. The van der Waals surface area contributed by atoms with Gasteiger partial charge in [-0.05, 0) is 44.2 Å². The van der Waals surface area contributed by atoms with Crippen molar-refractivity contribution in [2.24, 2.45) is 17.6 Å². The van der Waals surface area contributed by atoms with Gasteiger partial charge in [0.15, 0.2) is 0 Å². The van der Waals surface area contributed by atoms with Gasteiger partial charge in [-0.1, -0.05) is 41.5 Å². The number of rotatable bonds is 9. The fraction of sp³-hybridized carbons (Fsp3) is 1.00. The Morgan fingerprint density at radius 2 is 1.47 bits per heavy atom. The number of hydrogen-bond donors (Lipinski definition) is 1. The smallest absolute Gasteiger partial charge is 0.0336 e. The third-order valence-electron chi connectivity index (χ3n) is 3.50. The molecule has 0 aliphatic rings. The van der Waals surface area contributed by atoms with Gasteiger partial charge in [0.1, 0.15) is 0 Å². The maximum absolute atomic E-state index is 6.17. The summed E-state index contributed by atoms with van der Waals surface area (Å²) < 4.78 is 0. The number of likely N-dealkylation sites (N-methyl/N-ethyl adjacent to an activating group) is 1. The lowest BCUT2D eigenvalue weighted by Gasteiger charge is -2.45. The predicted octanol–water partition coefficient (Wildman–Crippen LogP) is 3.51. The lowest BCUT2D eigenvalue weighted by molar-refractivity contribution is 0.0579. The van der Waals surface area contributed by atoms with E-state index in [0.29, 0.717) is 11.8 Å². The molecule has 0 atom stereocenters. The first kappa shape index (κ1) is 16.9. The van der Waals surface area contributed by atoms with Gasteiger partial charge in [0.05, 0.1) is 0 Å². The Labute approximate surface area is 109 Å². The molecule has 2 heteroatoms. The van der Waals surface area contributed by atoms with Crippen LogP contribution in [0, 0.1) is 11.8 Å². The van der Waals surface area contributed by atoms with Crippen LogP contribution in [0.25, 0.3) is 0 Å². The van der Waals surface area contributed by atoms with Crippen LogP contribution in [0.1, 0.15) is 60.8 Å². The zero-order valence-electron chi connectivity index (χ0n) is 12.9. The summed E-state index contributed by atoms with van der Waals surface area (Å²) in [5, 5.41) is 0. The van der Waals surface area contributed by atoms with Crippen molar-refractivity contribution in [2.75, 3.05) is 19.6 Å². The van der Waals surface area contributed by atoms with Crippen LogP contribution >= 0.6 is 0 Å². The maximum Gasteiger partial charge on any atom is 0.0336 e. The standard InChI is InChI=1S/C15H34N2/c1-7-9-17(8-2)15(12-16,10-13(3)4)11-14(5)6/h13-14H,7-12,16H2,1-6H3. The minimum absolute atomic E-state index is 0.215. The summed E-state index contributed by atoms with van der Waals surface area (Å²) in [5.41, 5.74) is 6.38. The molecule has 0 saturated carbocycles. The van der Waals surface area contributed by atoms with Crippen molar-refractivity contribution < 1.29 is 0 Å². The highest BCUT2D eigenvalue weighted by atomic mass is 15.2. The first-order valence-electron chi connectivity index (χ1n) is 7.37. The third kappa shape index (κ3) is 5.39. The Kier molecular flexibility index (Phi) is 8.06. The van der Waals surface area contributed by atoms with Crippen molar-refractivity contribution in [2.45, 2.75) is 66.3 Å². The zero-order valence-corrected chi connectivity index (χ0v) is 12.9. The highest BCUT2D eigenvalue weighted by molar-refractivity contribution is 4.93. The number of hydrogen-bond acceptors (Lipinski definition) is 2. The minimum Gasteiger partial charge on any atom is -0.329 e. The molecular formula is C15H34N2. The van der Waals surface area contributed by atoms with Crippen LogP contribution in [-0.2, 0) is 0 Å². The average molecular weight is 242 g/mol. The van der Waals surface area contributed by atoms with Gasteiger partial charge in [0, 0.05) is 12.1 Å². The van der Waals surface area contributed by atoms with Gasteiger partial charge in [-0.15, -0.1) is 0 Å². The lowest BCUT2D eigenvalue weighted by Crippen LogP contribution is -2.55. The summed E-state index contributed by atoms with van der Waals surface area (Å²) in [7, 11) is 0. The molecule has 0 aromatic heterocycles. The van der Waals surface area contributed by atoms with Crippen molar-refractivity contribution in [3.8, 4) is 0 Å². The second-order valence-electron chi connectivity index (χ2n) is 6.20. The van der Waals surface area contributed by atoms with Gasteiger partial charge in [-0.3, -0.25) is 4.90 Å². The maximum atomic E-state index is 6.17. The van der Waals surface area contributed by atoms with Gasteiger partial charge in [-0.25, -0.2) is 0 Å². The van der Waals surface area contributed by atoms with E-state index in [0.717, 1.165) is 13.1 Å². The lowest BCUT2D eigenvalue weighted by atomic mass is 9.80. The van der Waals surface area contributed by atoms with Crippen molar-refractivity contribution in [1.29, 1.82) is 0 Å². The van der Waals surface area contributed by atoms with Crippen LogP contribution in [0.2, 0.25) is 0 Å². The molecule has 0 spiro atoms. The summed E-state index contributed by atoms with van der Waals surface area (Å²) in [4.78, 5) is 2.62. The van der Waals surface area contributed by atoms with Crippen LogP contribution in [0.3, 0.4) is 0 Å². The quantitative estimate of drug-likeness (QED) is 0.670. The molecule has 104 valence electrons. The summed E-state index contributed by atoms with van der Waals surface area (Å²) in [6, 6.07) is 0. The summed E-state index contributed by atoms with van der Waals surface area (Å²) in [5.74, 6) is 1.42. The Hall–Kier alpha value is -0.0800. The van der Waals surface area contributed by atoms with E-state index in [9.17, 15) is 0 Å². The highest BCUT2D eigenvalue weighted by Crippen LogP contribution is 2.30. The van der Waals surface area contributed by atoms with Crippen LogP contribution in [-0.4, -0.2) is 30.1 Å². The van der Waals surface area contributed by atoms with Crippen molar-refractivity contribution in [3.63, 3.8) is 0 Å². The molecule has 2 nitrogen and oxygen atoms in total. The van der Waals surface area contributed by atoms with E-state index < -0.39 is 0 Å². The van der Waals surface area contributed by atoms with Crippen LogP contribution in [0.15, 0.2) is 0 Å². The highest BCUT2D eigenvalue weighted by Gasteiger charge is 2.35. The molecule has 0 aliphatic carbocycles. The van der Waals surface area contributed by atoms with Crippen molar-refractivity contribution in [3.05, 3.63) is 0 Å². The van der Waals surface area contributed by atoms with Crippen molar-refractivity contribution >= 4 is 0 Å². The fourth-order valence-corrected chi connectivity index (χ4v) is 3.16. The summed E-state index contributed by atoms with van der Waals surface area (Å²) >= 11 is 0. The largest absolute Gasteiger partial charge is 0.329 e. The topological polar surface area (TPSA) is 29.3 Å². The van der Waals surface area contributed by atoms with Gasteiger partial charge >= 0.3 is 0 Å². The van der Waals surface area contributed by atoms with E-state index in [1.54, 1.807) is 0 Å². The number of nitrogens with two attached hydrogens (primary N) is 1.